The molecule has 5 nitrogen and oxygen atoms in total. The number of carbonyl (C=O) groups is 1. The topological polar surface area (TPSA) is 75.3 Å². The highest BCUT2D eigenvalue weighted by molar-refractivity contribution is 9.11. The number of hydrogen-bond donors (Lipinski definition) is 2. The number of hydrogen-bond acceptors (Lipinski definition) is 4. The minimum Gasteiger partial charge on any atom is -0.352 e. The maximum Gasteiger partial charge on any atom is 0.271 e. The monoisotopic (exact) mass is 464 g/mol. The van der Waals surface area contributed by atoms with Crippen LogP contribution in [0, 0.1) is 0 Å². The molecular formula is C19H17BrN2O3S2. The van der Waals surface area contributed by atoms with Crippen LogP contribution in [0.3, 0.4) is 0 Å². The maximum atomic E-state index is 12.5. The predicted molar refractivity (Wildman–Crippen MR) is 112 cm³/mol. The van der Waals surface area contributed by atoms with Gasteiger partial charge in [-0.05, 0) is 52.2 Å². The number of para-hydroxylation sites is 1. The Balaban J connectivity index is 1.70. The number of amides is 1. The standard InChI is InChI=1S/C19H17BrN2O3S2/c20-17-10-11-18(26-17)27(24,25)22-16-9-5-4-8-15(16)19(23)21-13-12-14-6-2-1-3-7-14/h1-11,22H,12-13H2,(H,21,23). The van der Waals surface area contributed by atoms with E-state index in [9.17, 15) is 13.2 Å². The van der Waals surface area contributed by atoms with E-state index in [1.165, 1.54) is 6.07 Å². The lowest BCUT2D eigenvalue weighted by Gasteiger charge is -2.12. The van der Waals surface area contributed by atoms with Crippen LogP contribution in [0.4, 0.5) is 5.69 Å². The third-order valence-corrected chi connectivity index (χ3v) is 7.25. The van der Waals surface area contributed by atoms with Crippen LogP contribution in [0.15, 0.2) is 74.7 Å². The van der Waals surface area contributed by atoms with Crippen molar-refractivity contribution in [3.8, 4) is 0 Å². The molecule has 1 amide bonds. The number of carbonyl (C=O) groups excluding carboxylic acids is 1. The number of rotatable bonds is 7. The Labute approximate surface area is 170 Å². The Hall–Kier alpha value is -2.16. The third kappa shape index (κ3) is 5.18. The maximum absolute atomic E-state index is 12.5. The first-order chi connectivity index (χ1) is 13.0. The molecule has 0 aliphatic carbocycles. The summed E-state index contributed by atoms with van der Waals surface area (Å²) < 4.78 is 28.5. The quantitative estimate of drug-likeness (QED) is 0.547. The van der Waals surface area contributed by atoms with Crippen molar-refractivity contribution in [1.29, 1.82) is 0 Å². The van der Waals surface area contributed by atoms with Gasteiger partial charge in [0.05, 0.1) is 15.0 Å². The molecular weight excluding hydrogens is 448 g/mol. The van der Waals surface area contributed by atoms with Crippen molar-refractivity contribution in [2.45, 2.75) is 10.6 Å². The molecule has 0 radical (unpaired) electrons. The third-order valence-electron chi connectivity index (χ3n) is 3.77. The lowest BCUT2D eigenvalue weighted by molar-refractivity contribution is 0.0955. The summed E-state index contributed by atoms with van der Waals surface area (Å²) in [6, 6.07) is 19.6. The molecule has 27 heavy (non-hydrogen) atoms. The molecule has 0 fully saturated rings. The van der Waals surface area contributed by atoms with E-state index in [0.29, 0.717) is 13.0 Å². The Morgan fingerprint density at radius 3 is 2.37 bits per heavy atom. The van der Waals surface area contributed by atoms with E-state index in [4.69, 9.17) is 0 Å². The van der Waals surface area contributed by atoms with Gasteiger partial charge in [0.25, 0.3) is 15.9 Å². The highest BCUT2D eigenvalue weighted by atomic mass is 79.9. The molecule has 8 heteroatoms. The van der Waals surface area contributed by atoms with Crippen molar-refractivity contribution >= 4 is 48.9 Å². The second kappa shape index (κ2) is 8.69. The Kier molecular flexibility index (Phi) is 6.30. The first kappa shape index (κ1) is 19.6. The average molecular weight is 465 g/mol. The van der Waals surface area contributed by atoms with Gasteiger partial charge in [0.15, 0.2) is 0 Å². The smallest absolute Gasteiger partial charge is 0.271 e. The molecule has 2 N–H and O–H groups in total. The van der Waals surface area contributed by atoms with Crippen LogP contribution in [0.2, 0.25) is 0 Å². The molecule has 1 heterocycles. The van der Waals surface area contributed by atoms with Crippen molar-refractivity contribution in [3.05, 3.63) is 81.6 Å². The van der Waals surface area contributed by atoms with E-state index in [2.05, 4.69) is 26.0 Å². The van der Waals surface area contributed by atoms with Gasteiger partial charge in [0.2, 0.25) is 0 Å². The fraction of sp³-hybridized carbons (Fsp3) is 0.105. The van der Waals surface area contributed by atoms with Crippen LogP contribution in [0.5, 0.6) is 0 Å². The van der Waals surface area contributed by atoms with Gasteiger partial charge in [0, 0.05) is 6.54 Å². The molecule has 3 rings (SSSR count). The van der Waals surface area contributed by atoms with Crippen LogP contribution in [0.1, 0.15) is 15.9 Å². The minimum atomic E-state index is -3.75. The Morgan fingerprint density at radius 2 is 1.67 bits per heavy atom. The van der Waals surface area contributed by atoms with Gasteiger partial charge in [0.1, 0.15) is 4.21 Å². The summed E-state index contributed by atoms with van der Waals surface area (Å²) in [6.45, 7) is 0.460. The van der Waals surface area contributed by atoms with Gasteiger partial charge in [-0.1, -0.05) is 42.5 Å². The minimum absolute atomic E-state index is 0.175. The molecule has 2 aromatic carbocycles. The molecule has 3 aromatic rings. The Bertz CT molecular complexity index is 1030. The fourth-order valence-corrected chi connectivity index (χ4v) is 5.56. The van der Waals surface area contributed by atoms with Crippen molar-refractivity contribution in [2.24, 2.45) is 0 Å². The second-order valence-electron chi connectivity index (χ2n) is 5.70. The SMILES string of the molecule is O=C(NCCc1ccccc1)c1ccccc1NS(=O)(=O)c1ccc(Br)s1. The summed E-state index contributed by atoms with van der Waals surface area (Å²) in [7, 11) is -3.75. The lowest BCUT2D eigenvalue weighted by Crippen LogP contribution is -2.27. The van der Waals surface area contributed by atoms with Gasteiger partial charge < -0.3 is 5.32 Å². The molecule has 1 aromatic heterocycles. The number of sulfonamides is 1. The molecule has 0 saturated carbocycles. The van der Waals surface area contributed by atoms with Gasteiger partial charge in [-0.25, -0.2) is 8.42 Å². The first-order valence-corrected chi connectivity index (χ1v) is 11.2. The number of benzene rings is 2. The van der Waals surface area contributed by atoms with E-state index < -0.39 is 10.0 Å². The lowest BCUT2D eigenvalue weighted by atomic mass is 10.1. The summed E-state index contributed by atoms with van der Waals surface area (Å²) in [6.07, 6.45) is 0.698. The van der Waals surface area contributed by atoms with E-state index in [1.807, 2.05) is 30.3 Å². The molecule has 0 atom stereocenters. The fourth-order valence-electron chi connectivity index (χ4n) is 2.47. The number of thiophene rings is 1. The molecule has 0 spiro atoms. The van der Waals surface area contributed by atoms with E-state index in [1.54, 1.807) is 30.3 Å². The molecule has 0 bridgehead atoms. The van der Waals surface area contributed by atoms with E-state index in [0.717, 1.165) is 20.7 Å². The van der Waals surface area contributed by atoms with Crippen molar-refractivity contribution < 1.29 is 13.2 Å². The molecule has 140 valence electrons. The zero-order chi connectivity index (χ0) is 19.3. The van der Waals surface area contributed by atoms with Crippen molar-refractivity contribution in [3.63, 3.8) is 0 Å². The summed E-state index contributed by atoms with van der Waals surface area (Å²) >= 11 is 4.36. The normalized spacial score (nSPS) is 11.1. The molecule has 0 aliphatic rings. The van der Waals surface area contributed by atoms with E-state index in [-0.39, 0.29) is 21.4 Å². The zero-order valence-corrected chi connectivity index (χ0v) is 17.4. The van der Waals surface area contributed by atoms with Crippen molar-refractivity contribution in [2.75, 3.05) is 11.3 Å². The summed E-state index contributed by atoms with van der Waals surface area (Å²) in [5.41, 5.74) is 1.65. The average Bonchev–Trinajstić information content (AvgIpc) is 3.10. The number of nitrogens with one attached hydrogen (secondary N) is 2. The van der Waals surface area contributed by atoms with Crippen LogP contribution < -0.4 is 10.0 Å². The zero-order valence-electron chi connectivity index (χ0n) is 14.2. The molecule has 0 unspecified atom stereocenters. The summed E-state index contributed by atoms with van der Waals surface area (Å²) in [5.74, 6) is -0.323. The first-order valence-electron chi connectivity index (χ1n) is 8.15. The Morgan fingerprint density at radius 1 is 0.963 bits per heavy atom. The van der Waals surface area contributed by atoms with Gasteiger partial charge in [-0.15, -0.1) is 11.3 Å². The van der Waals surface area contributed by atoms with Gasteiger partial charge >= 0.3 is 0 Å². The van der Waals surface area contributed by atoms with E-state index >= 15 is 0 Å². The number of anilines is 1. The summed E-state index contributed by atoms with van der Waals surface area (Å²) in [5, 5.41) is 2.84. The van der Waals surface area contributed by atoms with Crippen molar-refractivity contribution in [1.82, 2.24) is 5.32 Å². The largest absolute Gasteiger partial charge is 0.352 e. The van der Waals surface area contributed by atoms with Gasteiger partial charge in [-0.2, -0.15) is 0 Å². The molecule has 0 aliphatic heterocycles. The second-order valence-corrected chi connectivity index (χ2v) is 10.1. The van der Waals surface area contributed by atoms with Crippen LogP contribution in [-0.2, 0) is 16.4 Å². The highest BCUT2D eigenvalue weighted by Gasteiger charge is 2.20. The predicted octanol–water partition coefficient (Wildman–Crippen LogP) is 4.28. The molecule has 0 saturated heterocycles. The van der Waals surface area contributed by atoms with Crippen LogP contribution >= 0.6 is 27.3 Å². The highest BCUT2D eigenvalue weighted by Crippen LogP contribution is 2.28. The summed E-state index contributed by atoms with van der Waals surface area (Å²) in [4.78, 5) is 12.5. The van der Waals surface area contributed by atoms with Gasteiger partial charge in [-0.3, -0.25) is 9.52 Å². The van der Waals surface area contributed by atoms with Crippen LogP contribution in [0.25, 0.3) is 0 Å². The number of halogens is 1. The van der Waals surface area contributed by atoms with Crippen LogP contribution in [-0.4, -0.2) is 20.9 Å².